The van der Waals surface area contributed by atoms with Crippen molar-refractivity contribution in [3.63, 3.8) is 0 Å². The molecule has 1 unspecified atom stereocenters. The van der Waals surface area contributed by atoms with Gasteiger partial charge < -0.3 is 14.6 Å². The van der Waals surface area contributed by atoms with E-state index in [9.17, 15) is 4.79 Å². The zero-order valence-electron chi connectivity index (χ0n) is 10.3. The number of aryl methyl sites for hydroxylation is 1. The Kier molecular flexibility index (Phi) is 5.58. The smallest absolute Gasteiger partial charge is 0.240 e. The first kappa shape index (κ1) is 13.6. The van der Waals surface area contributed by atoms with E-state index in [-0.39, 0.29) is 11.9 Å². The van der Waals surface area contributed by atoms with Gasteiger partial charge in [-0.2, -0.15) is 4.98 Å². The van der Waals surface area contributed by atoms with Gasteiger partial charge in [0.05, 0.1) is 19.2 Å². The van der Waals surface area contributed by atoms with Crippen LogP contribution < -0.4 is 10.6 Å². The summed E-state index contributed by atoms with van der Waals surface area (Å²) in [6.07, 6.45) is 0. The number of amides is 1. The zero-order chi connectivity index (χ0) is 12.7. The van der Waals surface area contributed by atoms with E-state index in [2.05, 4.69) is 20.8 Å². The van der Waals surface area contributed by atoms with Crippen molar-refractivity contribution in [1.29, 1.82) is 0 Å². The number of nitrogens with one attached hydrogen (secondary N) is 2. The molecule has 0 saturated heterocycles. The Morgan fingerprint density at radius 1 is 1.59 bits per heavy atom. The van der Waals surface area contributed by atoms with Gasteiger partial charge in [-0.1, -0.05) is 5.16 Å². The SMILES string of the molecule is COCCNC(=O)C(C)NCc1nc(C)no1. The molecule has 0 saturated carbocycles. The molecule has 1 aromatic heterocycles. The highest BCUT2D eigenvalue weighted by Crippen LogP contribution is 1.95. The number of ether oxygens (including phenoxy) is 1. The lowest BCUT2D eigenvalue weighted by molar-refractivity contribution is -0.123. The normalized spacial score (nSPS) is 12.4. The Labute approximate surface area is 99.9 Å². The molecule has 0 fully saturated rings. The fourth-order valence-corrected chi connectivity index (χ4v) is 1.17. The molecule has 0 radical (unpaired) electrons. The summed E-state index contributed by atoms with van der Waals surface area (Å²) in [6, 6.07) is -0.320. The van der Waals surface area contributed by atoms with Crippen LogP contribution in [0.4, 0.5) is 0 Å². The Balaban J connectivity index is 2.24. The highest BCUT2D eigenvalue weighted by molar-refractivity contribution is 5.81. The first-order valence-electron chi connectivity index (χ1n) is 5.42. The van der Waals surface area contributed by atoms with E-state index in [1.807, 2.05) is 0 Å². The van der Waals surface area contributed by atoms with Gasteiger partial charge >= 0.3 is 0 Å². The number of hydrogen-bond acceptors (Lipinski definition) is 6. The number of rotatable bonds is 7. The molecule has 0 aliphatic rings. The molecular weight excluding hydrogens is 224 g/mol. The summed E-state index contributed by atoms with van der Waals surface area (Å²) in [7, 11) is 1.59. The van der Waals surface area contributed by atoms with Gasteiger partial charge in [-0.3, -0.25) is 10.1 Å². The van der Waals surface area contributed by atoms with Crippen molar-refractivity contribution in [2.24, 2.45) is 0 Å². The van der Waals surface area contributed by atoms with Crippen molar-refractivity contribution in [2.45, 2.75) is 26.4 Å². The van der Waals surface area contributed by atoms with Gasteiger partial charge in [-0.15, -0.1) is 0 Å². The van der Waals surface area contributed by atoms with Crippen LogP contribution in [0.2, 0.25) is 0 Å². The maximum Gasteiger partial charge on any atom is 0.240 e. The molecule has 0 aromatic carbocycles. The van der Waals surface area contributed by atoms with Crippen LogP contribution in [0, 0.1) is 6.92 Å². The summed E-state index contributed by atoms with van der Waals surface area (Å²) < 4.78 is 9.75. The van der Waals surface area contributed by atoms with Gasteiger partial charge in [0.1, 0.15) is 0 Å². The van der Waals surface area contributed by atoms with Crippen LogP contribution in [-0.4, -0.2) is 42.4 Å². The maximum absolute atomic E-state index is 11.5. The molecule has 0 spiro atoms. The van der Waals surface area contributed by atoms with Gasteiger partial charge in [0, 0.05) is 13.7 Å². The quantitative estimate of drug-likeness (QED) is 0.633. The van der Waals surface area contributed by atoms with Crippen molar-refractivity contribution >= 4 is 5.91 Å². The molecule has 0 bridgehead atoms. The third-order valence-corrected chi connectivity index (χ3v) is 2.13. The molecule has 1 rings (SSSR count). The average Bonchev–Trinajstić information content (AvgIpc) is 2.72. The highest BCUT2D eigenvalue weighted by atomic mass is 16.5. The number of hydrogen-bond donors (Lipinski definition) is 2. The van der Waals surface area contributed by atoms with Crippen molar-refractivity contribution in [2.75, 3.05) is 20.3 Å². The lowest BCUT2D eigenvalue weighted by atomic mass is 10.3. The lowest BCUT2D eigenvalue weighted by Crippen LogP contribution is -2.42. The number of methoxy groups -OCH3 is 1. The standard InChI is InChI=1S/C10H18N4O3/c1-7(10(15)11-4-5-16-3)12-6-9-13-8(2)14-17-9/h7,12H,4-6H2,1-3H3,(H,11,15). The number of nitrogens with zero attached hydrogens (tertiary/aromatic N) is 2. The second-order valence-corrected chi connectivity index (χ2v) is 3.62. The second-order valence-electron chi connectivity index (χ2n) is 3.62. The van der Waals surface area contributed by atoms with E-state index in [1.54, 1.807) is 21.0 Å². The van der Waals surface area contributed by atoms with E-state index in [0.717, 1.165) is 0 Å². The molecule has 96 valence electrons. The van der Waals surface area contributed by atoms with Crippen LogP contribution in [0.25, 0.3) is 0 Å². The zero-order valence-corrected chi connectivity index (χ0v) is 10.3. The van der Waals surface area contributed by atoms with Gasteiger partial charge in [-0.25, -0.2) is 0 Å². The molecule has 0 aliphatic carbocycles. The van der Waals surface area contributed by atoms with E-state index >= 15 is 0 Å². The van der Waals surface area contributed by atoms with Crippen LogP contribution >= 0.6 is 0 Å². The third kappa shape index (κ3) is 4.92. The maximum atomic E-state index is 11.5. The molecule has 7 heteroatoms. The second kappa shape index (κ2) is 6.97. The molecule has 1 atom stereocenters. The van der Waals surface area contributed by atoms with Crippen molar-refractivity contribution in [1.82, 2.24) is 20.8 Å². The first-order valence-corrected chi connectivity index (χ1v) is 5.42. The summed E-state index contributed by atoms with van der Waals surface area (Å²) in [5, 5.41) is 9.38. The first-order chi connectivity index (χ1) is 8.13. The van der Waals surface area contributed by atoms with Crippen LogP contribution in [0.15, 0.2) is 4.52 Å². The monoisotopic (exact) mass is 242 g/mol. The summed E-state index contributed by atoms with van der Waals surface area (Å²) in [5.74, 6) is 0.969. The topological polar surface area (TPSA) is 89.3 Å². The summed E-state index contributed by atoms with van der Waals surface area (Å²) >= 11 is 0. The van der Waals surface area contributed by atoms with Gasteiger partial charge in [0.15, 0.2) is 5.82 Å². The largest absolute Gasteiger partial charge is 0.383 e. The van der Waals surface area contributed by atoms with Crippen LogP contribution in [0.5, 0.6) is 0 Å². The molecule has 0 aliphatic heterocycles. The Hall–Kier alpha value is -1.47. The molecule has 7 nitrogen and oxygen atoms in total. The van der Waals surface area contributed by atoms with Gasteiger partial charge in [-0.05, 0) is 13.8 Å². The van der Waals surface area contributed by atoms with E-state index in [0.29, 0.717) is 31.4 Å². The van der Waals surface area contributed by atoms with E-state index < -0.39 is 0 Å². The van der Waals surface area contributed by atoms with Crippen molar-refractivity contribution < 1.29 is 14.1 Å². The lowest BCUT2D eigenvalue weighted by Gasteiger charge is -2.12. The number of carbonyl (C=O) groups excluding carboxylic acids is 1. The average molecular weight is 242 g/mol. The van der Waals surface area contributed by atoms with Crippen molar-refractivity contribution in [3.8, 4) is 0 Å². The summed E-state index contributed by atoms with van der Waals surface area (Å²) in [4.78, 5) is 15.6. The van der Waals surface area contributed by atoms with Crippen molar-refractivity contribution in [3.05, 3.63) is 11.7 Å². The minimum absolute atomic E-state index is 0.0849. The Bertz CT molecular complexity index is 353. The molecular formula is C10H18N4O3. The minimum atomic E-state index is -0.320. The van der Waals surface area contributed by atoms with Crippen LogP contribution in [0.1, 0.15) is 18.6 Å². The minimum Gasteiger partial charge on any atom is -0.383 e. The molecule has 2 N–H and O–H groups in total. The number of carbonyl (C=O) groups is 1. The van der Waals surface area contributed by atoms with Crippen LogP contribution in [-0.2, 0) is 16.1 Å². The summed E-state index contributed by atoms with van der Waals surface area (Å²) in [5.41, 5.74) is 0. The molecule has 1 heterocycles. The van der Waals surface area contributed by atoms with E-state index in [4.69, 9.17) is 9.26 Å². The van der Waals surface area contributed by atoms with Gasteiger partial charge in [0.2, 0.25) is 11.8 Å². The molecule has 1 aromatic rings. The highest BCUT2D eigenvalue weighted by Gasteiger charge is 2.12. The Morgan fingerprint density at radius 2 is 2.35 bits per heavy atom. The van der Waals surface area contributed by atoms with Crippen LogP contribution in [0.3, 0.4) is 0 Å². The number of aromatic nitrogens is 2. The fourth-order valence-electron chi connectivity index (χ4n) is 1.17. The molecule has 1 amide bonds. The third-order valence-electron chi connectivity index (χ3n) is 2.13. The predicted octanol–water partition coefficient (Wildman–Crippen LogP) is -0.381. The summed E-state index contributed by atoms with van der Waals surface area (Å²) in [6.45, 7) is 4.89. The van der Waals surface area contributed by atoms with Gasteiger partial charge in [0.25, 0.3) is 0 Å². The Morgan fingerprint density at radius 3 is 2.94 bits per heavy atom. The fraction of sp³-hybridized carbons (Fsp3) is 0.700. The van der Waals surface area contributed by atoms with E-state index in [1.165, 1.54) is 0 Å². The molecule has 17 heavy (non-hydrogen) atoms. The predicted molar refractivity (Wildman–Crippen MR) is 60.2 cm³/mol.